The summed E-state index contributed by atoms with van der Waals surface area (Å²) in [5, 5.41) is 25.6. The number of rotatable bonds is 38. The molecule has 103 heavy (non-hydrogen) atoms. The maximum Gasteiger partial charge on any atom is 0.312 e. The Morgan fingerprint density at radius 1 is 0.748 bits per heavy atom. The van der Waals surface area contributed by atoms with E-state index in [2.05, 4.69) is 45.3 Å². The number of carbonyl (C=O) groups is 10. The molecule has 6 aliphatic rings. The van der Waals surface area contributed by atoms with E-state index in [1.54, 1.807) is 55.2 Å². The van der Waals surface area contributed by atoms with Crippen molar-refractivity contribution in [2.75, 3.05) is 82.8 Å². The summed E-state index contributed by atoms with van der Waals surface area (Å²) in [5.74, 6) is 1.69. The Morgan fingerprint density at radius 3 is 2.13 bits per heavy atom. The molecule has 8 N–H and O–H groups in total. The lowest BCUT2D eigenvalue weighted by atomic mass is 9.46. The fourth-order valence-electron chi connectivity index (χ4n) is 15.4. The molecule has 26 heteroatoms. The average Bonchev–Trinajstić information content (AvgIpc) is 1.53. The Balaban J connectivity index is 0.624. The first-order chi connectivity index (χ1) is 49.5. The number of ketones is 2. The van der Waals surface area contributed by atoms with E-state index >= 15 is 0 Å². The predicted octanol–water partition coefficient (Wildman–Crippen LogP) is 6.10. The summed E-state index contributed by atoms with van der Waals surface area (Å²) < 4.78 is 46.5. The minimum absolute atomic E-state index is 0.0106. The van der Waals surface area contributed by atoms with Crippen LogP contribution in [-0.2, 0) is 94.2 Å². The molecule has 2 aliphatic heterocycles. The van der Waals surface area contributed by atoms with Crippen LogP contribution in [0, 0.1) is 46.3 Å². The third-order valence-corrected chi connectivity index (χ3v) is 20.5. The van der Waals surface area contributed by atoms with Crippen molar-refractivity contribution in [3.05, 3.63) is 119 Å². The standard InChI is InChI=1S/C77H99N7O19/c1-6-12-69-102-63-44-58-57-25-22-54-43-56(85)30-32-75(54,4)70(57)61(86)45-76(58,5)77(63,103-69)62(87)48-101-68(92)29-28-67(91)100-47-50-18-23-55(24-19-50)81-72(93)59(16-11-33-80-74(78)95)82-73(94)71(49(2)3)83-65(89)31-35-96-37-39-98-41-42-99-40-38-97-36-34-79-64(88)26-27-66(90)84-46-53-15-8-7-13-51(53)20-21-52-14-9-10-17-60(52)84/h7-10,13-15,17-19,23-24,30,32,43,49,57-59,61,63,69-71,86H,6,11-12,16,22,25-29,31,33-42,44-48H2,1-5H3,(H,79,88)(H,81,93)(H,82,94)(H,83,89)(H3,78,80,95)/t57-,58-,59-,61-,63+,69?,70+,71-,75-,76-,77+/m0/s1. The molecule has 9 rings (SSSR count). The van der Waals surface area contributed by atoms with Gasteiger partial charge in [0.05, 0.1) is 90.1 Å². The van der Waals surface area contributed by atoms with Gasteiger partial charge in [-0.05, 0) is 116 Å². The van der Waals surface area contributed by atoms with Crippen molar-refractivity contribution in [2.24, 2.45) is 40.2 Å². The van der Waals surface area contributed by atoms with Gasteiger partial charge in [-0.2, -0.15) is 0 Å². The average molecular weight is 1430 g/mol. The molecule has 0 spiro atoms. The fourth-order valence-corrected chi connectivity index (χ4v) is 15.4. The molecule has 4 aliphatic carbocycles. The van der Waals surface area contributed by atoms with Crippen LogP contribution in [0.3, 0.4) is 0 Å². The highest BCUT2D eigenvalue weighted by atomic mass is 16.7. The van der Waals surface area contributed by atoms with E-state index in [9.17, 15) is 53.1 Å². The second-order valence-electron chi connectivity index (χ2n) is 27.8. The molecule has 4 fully saturated rings. The van der Waals surface area contributed by atoms with Crippen LogP contribution in [0.5, 0.6) is 0 Å². The minimum Gasteiger partial charge on any atom is -0.461 e. The van der Waals surface area contributed by atoms with E-state index in [0.29, 0.717) is 62.6 Å². The van der Waals surface area contributed by atoms with Crippen LogP contribution in [0.25, 0.3) is 0 Å². The van der Waals surface area contributed by atoms with Crippen molar-refractivity contribution >= 4 is 70.4 Å². The minimum atomic E-state index is -1.48. The number of hydrogen-bond donors (Lipinski definition) is 7. The molecular formula is C77H99N7O19. The number of aliphatic hydroxyl groups is 1. The number of amides is 7. The largest absolute Gasteiger partial charge is 0.461 e. The third-order valence-electron chi connectivity index (χ3n) is 20.5. The Labute approximate surface area is 601 Å². The van der Waals surface area contributed by atoms with Crippen molar-refractivity contribution in [1.29, 1.82) is 0 Å². The smallest absolute Gasteiger partial charge is 0.312 e. The number of ether oxygens (including phenoxy) is 8. The van der Waals surface area contributed by atoms with Gasteiger partial charge in [0, 0.05) is 65.9 Å². The monoisotopic (exact) mass is 1430 g/mol. The number of anilines is 2. The van der Waals surface area contributed by atoms with Gasteiger partial charge < -0.3 is 80.2 Å². The number of Topliss-reactive ketones (excluding diaryl/α,β-unsaturated/α-hetero) is 1. The highest BCUT2D eigenvalue weighted by molar-refractivity contribution is 6.01. The number of esters is 2. The normalized spacial score (nSPS) is 23.9. The van der Waals surface area contributed by atoms with Gasteiger partial charge in [-0.3, -0.25) is 43.2 Å². The van der Waals surface area contributed by atoms with Crippen LogP contribution in [0.2, 0.25) is 0 Å². The highest BCUT2D eigenvalue weighted by Crippen LogP contribution is 2.70. The number of hydrogen-bond acceptors (Lipinski definition) is 19. The van der Waals surface area contributed by atoms with E-state index in [0.717, 1.165) is 35.1 Å². The maximum atomic E-state index is 14.6. The number of benzene rings is 3. The van der Waals surface area contributed by atoms with Gasteiger partial charge in [-0.25, -0.2) is 4.79 Å². The first-order valence-corrected chi connectivity index (χ1v) is 35.9. The number of urea groups is 1. The number of para-hydroxylation sites is 1. The Morgan fingerprint density at radius 2 is 1.42 bits per heavy atom. The maximum absolute atomic E-state index is 14.6. The lowest BCUT2D eigenvalue weighted by molar-refractivity contribution is -0.201. The van der Waals surface area contributed by atoms with Gasteiger partial charge in [-0.15, -0.1) is 0 Å². The zero-order valence-corrected chi connectivity index (χ0v) is 59.6. The SMILES string of the molecule is CCCC1O[C@@H]2C[C@H]3[C@@H]4CCC5=CC(=O)C=C[C@]5(C)[C@H]4[C@@H](O)C[C@]3(C)[C@]2(C(=O)COC(=O)CCC(=O)OCc2ccc(NC(=O)[C@H](CCCNC(N)=O)NC(=O)[C@@H](NC(=O)CCOCCOCCOCCOCCNC(=O)CCC(=O)N3Cc4ccccc4C#Cc4ccccc43)C(C)C)cc2)O1. The van der Waals surface area contributed by atoms with E-state index in [1.807, 2.05) is 68.5 Å². The van der Waals surface area contributed by atoms with Crippen molar-refractivity contribution in [1.82, 2.24) is 21.3 Å². The number of nitrogens with two attached hydrogens (primary N) is 1. The molecule has 11 atom stereocenters. The molecule has 1 saturated heterocycles. The molecule has 26 nitrogen and oxygen atoms in total. The molecule has 2 heterocycles. The summed E-state index contributed by atoms with van der Waals surface area (Å²) in [6.07, 6.45) is 6.27. The van der Waals surface area contributed by atoms with Gasteiger partial charge in [0.15, 0.2) is 24.3 Å². The van der Waals surface area contributed by atoms with Gasteiger partial charge in [0.2, 0.25) is 35.3 Å². The molecule has 556 valence electrons. The molecule has 1 unspecified atom stereocenters. The predicted molar refractivity (Wildman–Crippen MR) is 377 cm³/mol. The Bertz CT molecular complexity index is 3660. The van der Waals surface area contributed by atoms with Crippen molar-refractivity contribution in [2.45, 2.75) is 167 Å². The van der Waals surface area contributed by atoms with Crippen molar-refractivity contribution < 1.29 is 90.9 Å². The van der Waals surface area contributed by atoms with E-state index in [4.69, 9.17) is 43.6 Å². The molecule has 0 bridgehead atoms. The van der Waals surface area contributed by atoms with Gasteiger partial charge >= 0.3 is 18.0 Å². The lowest BCUT2D eigenvalue weighted by Gasteiger charge is -2.59. The first kappa shape index (κ1) is 78.5. The zero-order valence-electron chi connectivity index (χ0n) is 59.6. The van der Waals surface area contributed by atoms with E-state index in [-0.39, 0.29) is 145 Å². The molecule has 3 aromatic carbocycles. The van der Waals surface area contributed by atoms with Crippen LogP contribution in [-0.4, -0.2) is 173 Å². The number of fused-ring (bicyclic) bond motifs is 9. The van der Waals surface area contributed by atoms with Gasteiger partial charge in [0.1, 0.15) is 18.7 Å². The van der Waals surface area contributed by atoms with E-state index in [1.165, 1.54) is 0 Å². The van der Waals surface area contributed by atoms with Crippen LogP contribution in [0.4, 0.5) is 16.2 Å². The van der Waals surface area contributed by atoms with Crippen LogP contribution >= 0.6 is 0 Å². The molecule has 0 radical (unpaired) electrons. The Hall–Kier alpha value is -8.68. The number of nitrogens with zero attached hydrogens (tertiary/aromatic N) is 1. The lowest BCUT2D eigenvalue weighted by Crippen LogP contribution is -2.63. The van der Waals surface area contributed by atoms with Crippen molar-refractivity contribution in [3.8, 4) is 11.8 Å². The summed E-state index contributed by atoms with van der Waals surface area (Å²) in [7, 11) is 0. The summed E-state index contributed by atoms with van der Waals surface area (Å²) >= 11 is 0. The number of carbonyl (C=O) groups excluding carboxylic acids is 10. The van der Waals surface area contributed by atoms with Crippen LogP contribution in [0.15, 0.2) is 96.6 Å². The topological polar surface area (TPSA) is 354 Å². The summed E-state index contributed by atoms with van der Waals surface area (Å²) in [4.78, 5) is 133. The molecule has 7 amide bonds. The van der Waals surface area contributed by atoms with Gasteiger partial charge in [0.25, 0.3) is 0 Å². The van der Waals surface area contributed by atoms with Crippen LogP contribution in [0.1, 0.15) is 140 Å². The second kappa shape index (κ2) is 37.2. The zero-order chi connectivity index (χ0) is 73.7. The molecule has 3 aromatic rings. The highest BCUT2D eigenvalue weighted by Gasteiger charge is 2.76. The number of allylic oxidation sites excluding steroid dienone is 4. The third kappa shape index (κ3) is 20.2. The first-order valence-electron chi connectivity index (χ1n) is 35.9. The fraction of sp³-hybridized carbons (Fsp3) is 0.558. The quantitative estimate of drug-likeness (QED) is 0.0193. The summed E-state index contributed by atoms with van der Waals surface area (Å²) in [6.45, 7) is 11.4. The molecule has 3 saturated carbocycles. The summed E-state index contributed by atoms with van der Waals surface area (Å²) in [6, 6.07) is 18.7. The van der Waals surface area contributed by atoms with E-state index < -0.39 is 95.1 Å². The Kier molecular flexibility index (Phi) is 28.3. The number of nitrogens with one attached hydrogen (secondary N) is 5. The number of aliphatic hydroxyl groups excluding tert-OH is 1. The van der Waals surface area contributed by atoms with Crippen LogP contribution < -0.4 is 37.2 Å². The summed E-state index contributed by atoms with van der Waals surface area (Å²) in [5.41, 5.74) is 7.58. The molecular weight excluding hydrogens is 1330 g/mol. The van der Waals surface area contributed by atoms with Gasteiger partial charge in [-0.1, -0.05) is 107 Å². The molecule has 0 aromatic heterocycles. The second-order valence-corrected chi connectivity index (χ2v) is 27.8. The number of primary amides is 1. The van der Waals surface area contributed by atoms with Crippen molar-refractivity contribution in [3.63, 3.8) is 0 Å².